The highest BCUT2D eigenvalue weighted by Crippen LogP contribution is 2.20. The topological polar surface area (TPSA) is 37.7 Å². The molecule has 2 heterocycles. The SMILES string of the molecule is COc1ccc(C=C2CN(c3ccncc3)C=N2)cc1. The fourth-order valence-corrected chi connectivity index (χ4v) is 2.07. The van der Waals surface area contributed by atoms with E-state index in [0.717, 1.165) is 29.2 Å². The van der Waals surface area contributed by atoms with Gasteiger partial charge in [-0.1, -0.05) is 12.1 Å². The van der Waals surface area contributed by atoms with Gasteiger partial charge in [0.2, 0.25) is 0 Å². The maximum absolute atomic E-state index is 5.15. The van der Waals surface area contributed by atoms with Crippen LogP contribution in [-0.2, 0) is 0 Å². The molecule has 0 spiro atoms. The molecule has 0 aliphatic carbocycles. The van der Waals surface area contributed by atoms with Gasteiger partial charge in [-0.05, 0) is 35.9 Å². The van der Waals surface area contributed by atoms with Crippen molar-refractivity contribution in [1.82, 2.24) is 4.98 Å². The molecule has 100 valence electrons. The molecule has 0 amide bonds. The van der Waals surface area contributed by atoms with Crippen LogP contribution in [0.2, 0.25) is 0 Å². The number of aromatic nitrogens is 1. The molecule has 1 aliphatic heterocycles. The summed E-state index contributed by atoms with van der Waals surface area (Å²) in [5.74, 6) is 0.862. The molecule has 0 saturated carbocycles. The van der Waals surface area contributed by atoms with Crippen LogP contribution < -0.4 is 9.64 Å². The number of hydrogen-bond acceptors (Lipinski definition) is 4. The Morgan fingerprint density at radius 3 is 2.55 bits per heavy atom. The number of benzene rings is 1. The quantitative estimate of drug-likeness (QED) is 0.856. The molecule has 0 atom stereocenters. The average molecular weight is 265 g/mol. The van der Waals surface area contributed by atoms with Gasteiger partial charge in [-0.15, -0.1) is 0 Å². The second kappa shape index (κ2) is 5.57. The van der Waals surface area contributed by atoms with Crippen LogP contribution in [0.1, 0.15) is 5.56 Å². The van der Waals surface area contributed by atoms with Gasteiger partial charge in [-0.25, -0.2) is 4.99 Å². The molecule has 1 aromatic carbocycles. The molecule has 0 radical (unpaired) electrons. The van der Waals surface area contributed by atoms with Crippen LogP contribution in [0, 0.1) is 0 Å². The fraction of sp³-hybridized carbons (Fsp3) is 0.125. The van der Waals surface area contributed by atoms with Gasteiger partial charge in [0, 0.05) is 18.1 Å². The normalized spacial score (nSPS) is 15.8. The van der Waals surface area contributed by atoms with Crippen LogP contribution in [0.4, 0.5) is 5.69 Å². The van der Waals surface area contributed by atoms with Crippen LogP contribution in [0.5, 0.6) is 5.75 Å². The molecule has 2 aromatic rings. The molecule has 0 saturated heterocycles. The second-order valence-electron chi connectivity index (χ2n) is 4.49. The highest BCUT2D eigenvalue weighted by molar-refractivity contribution is 5.84. The fourth-order valence-electron chi connectivity index (χ4n) is 2.07. The minimum atomic E-state index is 0.774. The number of methoxy groups -OCH3 is 1. The van der Waals surface area contributed by atoms with Gasteiger partial charge in [0.15, 0.2) is 0 Å². The van der Waals surface area contributed by atoms with Crippen LogP contribution in [0.25, 0.3) is 6.08 Å². The third kappa shape index (κ3) is 2.69. The van der Waals surface area contributed by atoms with Gasteiger partial charge in [-0.3, -0.25) is 4.98 Å². The van der Waals surface area contributed by atoms with Crippen molar-refractivity contribution in [3.05, 3.63) is 60.1 Å². The first kappa shape index (κ1) is 12.4. The van der Waals surface area contributed by atoms with Crippen molar-refractivity contribution in [2.24, 2.45) is 4.99 Å². The van der Waals surface area contributed by atoms with Gasteiger partial charge < -0.3 is 9.64 Å². The zero-order valence-electron chi connectivity index (χ0n) is 11.2. The Bertz CT molecular complexity index is 633. The second-order valence-corrected chi connectivity index (χ2v) is 4.49. The summed E-state index contributed by atoms with van der Waals surface area (Å²) in [6, 6.07) is 11.9. The molecule has 3 rings (SSSR count). The zero-order valence-corrected chi connectivity index (χ0v) is 11.2. The smallest absolute Gasteiger partial charge is 0.118 e. The van der Waals surface area contributed by atoms with Gasteiger partial charge in [0.25, 0.3) is 0 Å². The molecule has 1 aromatic heterocycles. The van der Waals surface area contributed by atoms with E-state index in [9.17, 15) is 0 Å². The van der Waals surface area contributed by atoms with E-state index in [4.69, 9.17) is 4.74 Å². The van der Waals surface area contributed by atoms with Crippen molar-refractivity contribution in [3.8, 4) is 5.75 Å². The summed E-state index contributed by atoms with van der Waals surface area (Å²) >= 11 is 0. The van der Waals surface area contributed by atoms with E-state index in [1.807, 2.05) is 42.7 Å². The summed E-state index contributed by atoms with van der Waals surface area (Å²) in [4.78, 5) is 10.6. The standard InChI is InChI=1S/C16H15N3O/c1-20-16-4-2-13(3-5-16)10-14-11-19(12-18-14)15-6-8-17-9-7-15/h2-10,12H,11H2,1H3. The van der Waals surface area contributed by atoms with Gasteiger partial charge in [0.1, 0.15) is 5.75 Å². The molecule has 4 nitrogen and oxygen atoms in total. The van der Waals surface area contributed by atoms with E-state index in [1.165, 1.54) is 0 Å². The Hall–Kier alpha value is -2.62. The lowest BCUT2D eigenvalue weighted by atomic mass is 10.2. The van der Waals surface area contributed by atoms with Gasteiger partial charge in [0.05, 0.1) is 25.7 Å². The van der Waals surface area contributed by atoms with Crippen molar-refractivity contribution in [2.45, 2.75) is 0 Å². The number of aliphatic imine (C=N–C) groups is 1. The largest absolute Gasteiger partial charge is 0.497 e. The molecule has 20 heavy (non-hydrogen) atoms. The molecule has 0 unspecified atom stereocenters. The Morgan fingerprint density at radius 2 is 1.85 bits per heavy atom. The number of nitrogens with zero attached hydrogens (tertiary/aromatic N) is 3. The Labute approximate surface area is 118 Å². The van der Waals surface area contributed by atoms with Gasteiger partial charge in [-0.2, -0.15) is 0 Å². The monoisotopic (exact) mass is 265 g/mol. The summed E-state index contributed by atoms with van der Waals surface area (Å²) in [6.07, 6.45) is 7.50. The van der Waals surface area contributed by atoms with E-state index in [0.29, 0.717) is 0 Å². The number of hydrogen-bond donors (Lipinski definition) is 0. The maximum Gasteiger partial charge on any atom is 0.118 e. The van der Waals surface area contributed by atoms with Crippen LogP contribution in [-0.4, -0.2) is 25.0 Å². The van der Waals surface area contributed by atoms with Crippen LogP contribution in [0.15, 0.2) is 59.5 Å². The minimum Gasteiger partial charge on any atom is -0.497 e. The zero-order chi connectivity index (χ0) is 13.8. The molecule has 4 heteroatoms. The maximum atomic E-state index is 5.15. The summed E-state index contributed by atoms with van der Waals surface area (Å²) in [5.41, 5.74) is 3.25. The Kier molecular flexibility index (Phi) is 3.46. The van der Waals surface area contributed by atoms with Crippen molar-refractivity contribution in [3.63, 3.8) is 0 Å². The third-order valence-corrected chi connectivity index (χ3v) is 3.14. The lowest BCUT2D eigenvalue weighted by Gasteiger charge is -2.12. The summed E-state index contributed by atoms with van der Waals surface area (Å²) in [5, 5.41) is 0. The van der Waals surface area contributed by atoms with E-state index in [1.54, 1.807) is 19.5 Å². The first-order valence-electron chi connectivity index (χ1n) is 6.40. The van der Waals surface area contributed by atoms with Crippen LogP contribution in [0.3, 0.4) is 0 Å². The molecular weight excluding hydrogens is 250 g/mol. The van der Waals surface area contributed by atoms with Crippen LogP contribution >= 0.6 is 0 Å². The van der Waals surface area contributed by atoms with E-state index in [2.05, 4.69) is 21.0 Å². The van der Waals surface area contributed by atoms with E-state index < -0.39 is 0 Å². The van der Waals surface area contributed by atoms with Gasteiger partial charge >= 0.3 is 0 Å². The van der Waals surface area contributed by atoms with Crippen molar-refractivity contribution in [2.75, 3.05) is 18.6 Å². The summed E-state index contributed by atoms with van der Waals surface area (Å²) in [6.45, 7) is 0.774. The van der Waals surface area contributed by atoms with E-state index in [-0.39, 0.29) is 0 Å². The Balaban J connectivity index is 1.73. The van der Waals surface area contributed by atoms with Crippen molar-refractivity contribution in [1.29, 1.82) is 0 Å². The number of rotatable bonds is 3. The molecular formula is C16H15N3O. The lowest BCUT2D eigenvalue weighted by Crippen LogP contribution is -2.17. The number of ether oxygens (including phenoxy) is 1. The minimum absolute atomic E-state index is 0.774. The molecule has 1 aliphatic rings. The predicted octanol–water partition coefficient (Wildman–Crippen LogP) is 2.98. The number of anilines is 1. The highest BCUT2D eigenvalue weighted by atomic mass is 16.5. The first-order valence-corrected chi connectivity index (χ1v) is 6.40. The Morgan fingerprint density at radius 1 is 1.10 bits per heavy atom. The predicted molar refractivity (Wildman–Crippen MR) is 81.0 cm³/mol. The van der Waals surface area contributed by atoms with Crippen molar-refractivity contribution < 1.29 is 4.74 Å². The number of pyridine rings is 1. The third-order valence-electron chi connectivity index (χ3n) is 3.14. The average Bonchev–Trinajstić information content (AvgIpc) is 2.97. The summed E-state index contributed by atoms with van der Waals surface area (Å²) < 4.78 is 5.15. The van der Waals surface area contributed by atoms with E-state index >= 15 is 0 Å². The lowest BCUT2D eigenvalue weighted by molar-refractivity contribution is 0.415. The summed E-state index contributed by atoms with van der Waals surface area (Å²) in [7, 11) is 1.67. The molecule has 0 N–H and O–H groups in total. The van der Waals surface area contributed by atoms with Crippen molar-refractivity contribution >= 4 is 18.1 Å². The molecule has 0 bridgehead atoms. The molecule has 0 fully saturated rings. The first-order chi connectivity index (χ1) is 9.85. The highest BCUT2D eigenvalue weighted by Gasteiger charge is 2.12.